The van der Waals surface area contributed by atoms with E-state index in [2.05, 4.69) is 15.3 Å². The number of aryl methyl sites for hydroxylation is 1. The van der Waals surface area contributed by atoms with Crippen molar-refractivity contribution >= 4 is 17.5 Å². The van der Waals surface area contributed by atoms with E-state index in [0.717, 1.165) is 0 Å². The fraction of sp³-hybridized carbons (Fsp3) is 0.412. The standard InChI is InChI=1S/C17H22N6O3/c1-21-7-6-19-15(16(21)24)22(2)11-14-12-23(8-9-26-14)17(25)20-13-4-3-5-18-10-13/h3-7,10,14H,8-9,11-12H2,1-2H3,(H,20,25)/t14-/m1/s1. The third kappa shape index (κ3) is 4.17. The third-order valence-corrected chi connectivity index (χ3v) is 4.18. The van der Waals surface area contributed by atoms with Gasteiger partial charge in [0, 0.05) is 45.8 Å². The Morgan fingerprint density at radius 2 is 2.31 bits per heavy atom. The summed E-state index contributed by atoms with van der Waals surface area (Å²) in [4.78, 5) is 36.2. The Morgan fingerprint density at radius 1 is 1.46 bits per heavy atom. The fourth-order valence-electron chi connectivity index (χ4n) is 2.79. The Hall–Kier alpha value is -2.94. The molecule has 3 heterocycles. The zero-order valence-electron chi connectivity index (χ0n) is 14.8. The number of pyridine rings is 1. The SMILES string of the molecule is CN(C[C@@H]1CN(C(=O)Nc2cccnc2)CCO1)c1nccn(C)c1=O. The zero-order chi connectivity index (χ0) is 18.5. The molecule has 2 aromatic heterocycles. The van der Waals surface area contributed by atoms with E-state index < -0.39 is 0 Å². The summed E-state index contributed by atoms with van der Waals surface area (Å²) in [6.45, 7) is 1.85. The van der Waals surface area contributed by atoms with E-state index in [0.29, 0.717) is 37.7 Å². The number of hydrogen-bond acceptors (Lipinski definition) is 6. The highest BCUT2D eigenvalue weighted by molar-refractivity contribution is 5.89. The van der Waals surface area contributed by atoms with E-state index >= 15 is 0 Å². The molecular formula is C17H22N6O3. The number of amides is 2. The van der Waals surface area contributed by atoms with Crippen LogP contribution in [0.2, 0.25) is 0 Å². The maximum atomic E-state index is 12.4. The summed E-state index contributed by atoms with van der Waals surface area (Å²) in [6.07, 6.45) is 6.24. The first-order chi connectivity index (χ1) is 12.5. The third-order valence-electron chi connectivity index (χ3n) is 4.18. The average Bonchev–Trinajstić information content (AvgIpc) is 2.65. The smallest absolute Gasteiger partial charge is 0.322 e. The molecular weight excluding hydrogens is 336 g/mol. The van der Waals surface area contributed by atoms with Gasteiger partial charge in [-0.15, -0.1) is 0 Å². The van der Waals surface area contributed by atoms with Crippen LogP contribution in [0.15, 0.2) is 41.7 Å². The number of nitrogens with zero attached hydrogens (tertiary/aromatic N) is 5. The number of aromatic nitrogens is 3. The Labute approximate surface area is 151 Å². The lowest BCUT2D eigenvalue weighted by molar-refractivity contribution is -0.00715. The molecule has 1 atom stereocenters. The maximum absolute atomic E-state index is 12.4. The number of anilines is 2. The molecule has 1 saturated heterocycles. The number of urea groups is 1. The van der Waals surface area contributed by atoms with Crippen LogP contribution in [0.1, 0.15) is 0 Å². The minimum atomic E-state index is -0.208. The number of hydrogen-bond donors (Lipinski definition) is 1. The summed E-state index contributed by atoms with van der Waals surface area (Å²) in [6, 6.07) is 3.36. The Morgan fingerprint density at radius 3 is 3.08 bits per heavy atom. The number of carbonyl (C=O) groups excluding carboxylic acids is 1. The van der Waals surface area contributed by atoms with Crippen LogP contribution < -0.4 is 15.8 Å². The van der Waals surface area contributed by atoms with Gasteiger partial charge in [-0.25, -0.2) is 9.78 Å². The average molecular weight is 358 g/mol. The van der Waals surface area contributed by atoms with Crippen LogP contribution in [0.4, 0.5) is 16.3 Å². The van der Waals surface area contributed by atoms with Crippen LogP contribution in [-0.2, 0) is 11.8 Å². The first-order valence-corrected chi connectivity index (χ1v) is 8.35. The Kier molecular flexibility index (Phi) is 5.47. The summed E-state index contributed by atoms with van der Waals surface area (Å²) in [5, 5.41) is 2.82. The Bertz CT molecular complexity index is 810. The van der Waals surface area contributed by atoms with Gasteiger partial charge in [0.2, 0.25) is 0 Å². The van der Waals surface area contributed by atoms with Crippen molar-refractivity contribution in [1.82, 2.24) is 19.4 Å². The molecule has 0 aromatic carbocycles. The molecule has 3 rings (SSSR count). The van der Waals surface area contributed by atoms with Crippen molar-refractivity contribution in [2.24, 2.45) is 7.05 Å². The molecule has 26 heavy (non-hydrogen) atoms. The second-order valence-corrected chi connectivity index (χ2v) is 6.16. The number of carbonyl (C=O) groups is 1. The predicted molar refractivity (Wildman–Crippen MR) is 97.3 cm³/mol. The highest BCUT2D eigenvalue weighted by Crippen LogP contribution is 2.11. The summed E-state index contributed by atoms with van der Waals surface area (Å²) >= 11 is 0. The van der Waals surface area contributed by atoms with Crippen LogP contribution in [0.25, 0.3) is 0 Å². The molecule has 9 heteroatoms. The van der Waals surface area contributed by atoms with Crippen LogP contribution >= 0.6 is 0 Å². The van der Waals surface area contributed by atoms with E-state index in [9.17, 15) is 9.59 Å². The van der Waals surface area contributed by atoms with Crippen molar-refractivity contribution in [1.29, 1.82) is 0 Å². The summed E-state index contributed by atoms with van der Waals surface area (Å²) < 4.78 is 7.24. The molecule has 138 valence electrons. The van der Waals surface area contributed by atoms with Gasteiger partial charge in [-0.3, -0.25) is 9.78 Å². The van der Waals surface area contributed by atoms with Gasteiger partial charge in [-0.2, -0.15) is 0 Å². The number of likely N-dealkylation sites (N-methyl/N-ethyl adjacent to an activating group) is 1. The molecule has 0 saturated carbocycles. The normalized spacial score (nSPS) is 17.0. The molecule has 1 aliphatic rings. The number of nitrogens with one attached hydrogen (secondary N) is 1. The first-order valence-electron chi connectivity index (χ1n) is 8.35. The van der Waals surface area contributed by atoms with Crippen molar-refractivity contribution in [3.63, 3.8) is 0 Å². The molecule has 0 radical (unpaired) electrons. The number of ether oxygens (including phenoxy) is 1. The second-order valence-electron chi connectivity index (χ2n) is 6.16. The molecule has 0 bridgehead atoms. The van der Waals surface area contributed by atoms with Gasteiger partial charge in [0.1, 0.15) is 0 Å². The van der Waals surface area contributed by atoms with Gasteiger partial charge in [-0.1, -0.05) is 0 Å². The molecule has 0 aliphatic carbocycles. The number of morpholine rings is 1. The molecule has 9 nitrogen and oxygen atoms in total. The van der Waals surface area contributed by atoms with E-state index in [1.165, 1.54) is 4.57 Å². The predicted octanol–water partition coefficient (Wildman–Crippen LogP) is 0.544. The second kappa shape index (κ2) is 7.96. The van der Waals surface area contributed by atoms with Gasteiger partial charge in [0.15, 0.2) is 5.82 Å². The highest BCUT2D eigenvalue weighted by atomic mass is 16.5. The molecule has 2 aromatic rings. The van der Waals surface area contributed by atoms with Crippen LogP contribution in [0.5, 0.6) is 0 Å². The topological polar surface area (TPSA) is 92.6 Å². The van der Waals surface area contributed by atoms with Crippen LogP contribution in [0, 0.1) is 0 Å². The fourth-order valence-corrected chi connectivity index (χ4v) is 2.79. The molecule has 0 unspecified atom stereocenters. The number of rotatable bonds is 4. The molecule has 0 spiro atoms. The summed E-state index contributed by atoms with van der Waals surface area (Å²) in [5.41, 5.74) is 0.478. The monoisotopic (exact) mass is 358 g/mol. The molecule has 1 N–H and O–H groups in total. The quantitative estimate of drug-likeness (QED) is 0.858. The van der Waals surface area contributed by atoms with Crippen molar-refractivity contribution in [3.8, 4) is 0 Å². The van der Waals surface area contributed by atoms with Crippen molar-refractivity contribution in [2.45, 2.75) is 6.10 Å². The Balaban J connectivity index is 1.60. The zero-order valence-corrected chi connectivity index (χ0v) is 14.8. The maximum Gasteiger partial charge on any atom is 0.322 e. The van der Waals surface area contributed by atoms with Gasteiger partial charge in [0.05, 0.1) is 31.1 Å². The minimum Gasteiger partial charge on any atom is -0.373 e. The summed E-state index contributed by atoms with van der Waals surface area (Å²) in [5.74, 6) is 0.357. The van der Waals surface area contributed by atoms with Crippen molar-refractivity contribution in [2.75, 3.05) is 43.5 Å². The first kappa shape index (κ1) is 17.9. The van der Waals surface area contributed by atoms with E-state index in [1.807, 2.05) is 0 Å². The summed E-state index contributed by atoms with van der Waals surface area (Å²) in [7, 11) is 3.48. The molecule has 2 amide bonds. The van der Waals surface area contributed by atoms with Gasteiger partial charge >= 0.3 is 6.03 Å². The van der Waals surface area contributed by atoms with E-state index in [1.54, 1.807) is 60.8 Å². The van der Waals surface area contributed by atoms with Crippen LogP contribution in [0.3, 0.4) is 0 Å². The van der Waals surface area contributed by atoms with E-state index in [-0.39, 0.29) is 17.7 Å². The minimum absolute atomic E-state index is 0.169. The van der Waals surface area contributed by atoms with Crippen molar-refractivity contribution in [3.05, 3.63) is 47.3 Å². The van der Waals surface area contributed by atoms with E-state index in [4.69, 9.17) is 4.74 Å². The van der Waals surface area contributed by atoms with Gasteiger partial charge in [0.25, 0.3) is 5.56 Å². The highest BCUT2D eigenvalue weighted by Gasteiger charge is 2.26. The lowest BCUT2D eigenvalue weighted by atomic mass is 10.2. The largest absolute Gasteiger partial charge is 0.373 e. The van der Waals surface area contributed by atoms with Gasteiger partial charge in [-0.05, 0) is 12.1 Å². The van der Waals surface area contributed by atoms with Crippen LogP contribution in [-0.4, -0.2) is 64.9 Å². The molecule has 1 aliphatic heterocycles. The van der Waals surface area contributed by atoms with Gasteiger partial charge < -0.3 is 24.4 Å². The lowest BCUT2D eigenvalue weighted by Crippen LogP contribution is -2.51. The molecule has 1 fully saturated rings. The lowest BCUT2D eigenvalue weighted by Gasteiger charge is -2.34. The van der Waals surface area contributed by atoms with Crippen molar-refractivity contribution < 1.29 is 9.53 Å².